The number of para-hydroxylation sites is 3. The van der Waals surface area contributed by atoms with Crippen molar-refractivity contribution in [1.29, 1.82) is 0 Å². The normalized spacial score (nSPS) is 15.9. The lowest BCUT2D eigenvalue weighted by molar-refractivity contribution is -0.117. The number of piperidine rings is 1. The van der Waals surface area contributed by atoms with Crippen LogP contribution in [0.4, 0.5) is 5.69 Å². The average Bonchev–Trinajstić information content (AvgIpc) is 2.60. The van der Waals surface area contributed by atoms with Gasteiger partial charge >= 0.3 is 0 Å². The van der Waals surface area contributed by atoms with Crippen LogP contribution < -0.4 is 10.1 Å². The van der Waals surface area contributed by atoms with Crippen LogP contribution in [0, 0.1) is 5.92 Å². The summed E-state index contributed by atoms with van der Waals surface area (Å²) in [5.41, 5.74) is 0.722. The van der Waals surface area contributed by atoms with E-state index in [9.17, 15) is 4.79 Å². The van der Waals surface area contributed by atoms with Gasteiger partial charge < -0.3 is 15.0 Å². The predicted octanol–water partition coefficient (Wildman–Crippen LogP) is 4.15. The Bertz CT molecular complexity index is 664. The first kappa shape index (κ1) is 16.5. The van der Waals surface area contributed by atoms with Gasteiger partial charge in [0.2, 0.25) is 5.91 Å². The number of hydrogen-bond donors (Lipinski definition) is 1. The van der Waals surface area contributed by atoms with Crippen molar-refractivity contribution in [3.63, 3.8) is 0 Å². The summed E-state index contributed by atoms with van der Waals surface area (Å²) >= 11 is 0. The average molecular weight is 324 g/mol. The van der Waals surface area contributed by atoms with E-state index in [-0.39, 0.29) is 5.91 Å². The van der Waals surface area contributed by atoms with Crippen LogP contribution in [0.3, 0.4) is 0 Å². The Hall–Kier alpha value is -2.33. The first-order valence-electron chi connectivity index (χ1n) is 8.51. The third-order valence-electron chi connectivity index (χ3n) is 4.44. The smallest absolute Gasteiger partial charge is 0.224 e. The summed E-state index contributed by atoms with van der Waals surface area (Å²) in [5.74, 6) is 1.96. The molecule has 2 aromatic rings. The second-order valence-electron chi connectivity index (χ2n) is 6.41. The molecule has 0 saturated carbocycles. The molecule has 24 heavy (non-hydrogen) atoms. The molecule has 0 aromatic heterocycles. The van der Waals surface area contributed by atoms with Gasteiger partial charge in [-0.15, -0.1) is 0 Å². The minimum atomic E-state index is 0.0636. The number of rotatable bonds is 5. The molecule has 0 unspecified atom stereocenters. The molecule has 126 valence electrons. The molecular weight excluding hydrogens is 300 g/mol. The number of likely N-dealkylation sites (tertiary alicyclic amines) is 1. The van der Waals surface area contributed by atoms with Crippen molar-refractivity contribution in [2.75, 3.05) is 25.5 Å². The van der Waals surface area contributed by atoms with E-state index in [1.807, 2.05) is 54.6 Å². The third-order valence-corrected chi connectivity index (χ3v) is 4.44. The van der Waals surface area contributed by atoms with E-state index in [1.165, 1.54) is 0 Å². The van der Waals surface area contributed by atoms with E-state index < -0.39 is 0 Å². The summed E-state index contributed by atoms with van der Waals surface area (Å²) < 4.78 is 5.89. The van der Waals surface area contributed by atoms with E-state index in [0.29, 0.717) is 18.1 Å². The van der Waals surface area contributed by atoms with Crippen LogP contribution in [-0.2, 0) is 4.79 Å². The highest BCUT2D eigenvalue weighted by Gasteiger charge is 2.20. The van der Waals surface area contributed by atoms with Crippen molar-refractivity contribution < 1.29 is 9.53 Å². The molecule has 1 heterocycles. The molecule has 4 heteroatoms. The number of carbonyl (C=O) groups is 1. The first-order valence-corrected chi connectivity index (χ1v) is 8.51. The summed E-state index contributed by atoms with van der Waals surface area (Å²) in [6, 6.07) is 17.2. The fourth-order valence-electron chi connectivity index (χ4n) is 3.00. The van der Waals surface area contributed by atoms with Crippen molar-refractivity contribution in [2.45, 2.75) is 19.3 Å². The highest BCUT2D eigenvalue weighted by Crippen LogP contribution is 2.29. The van der Waals surface area contributed by atoms with Gasteiger partial charge in [0.15, 0.2) is 5.75 Å². The Kier molecular flexibility index (Phi) is 5.49. The second kappa shape index (κ2) is 7.97. The topological polar surface area (TPSA) is 41.6 Å². The molecule has 0 spiro atoms. The summed E-state index contributed by atoms with van der Waals surface area (Å²) in [5, 5.41) is 3.01. The van der Waals surface area contributed by atoms with Gasteiger partial charge in [-0.2, -0.15) is 0 Å². The number of benzene rings is 2. The largest absolute Gasteiger partial charge is 0.455 e. The molecule has 1 amide bonds. The Morgan fingerprint density at radius 2 is 1.75 bits per heavy atom. The van der Waals surface area contributed by atoms with Gasteiger partial charge in [-0.1, -0.05) is 30.3 Å². The van der Waals surface area contributed by atoms with E-state index >= 15 is 0 Å². The lowest BCUT2D eigenvalue weighted by Gasteiger charge is -2.28. The zero-order valence-electron chi connectivity index (χ0n) is 14.1. The molecule has 1 aliphatic rings. The fraction of sp³-hybridized carbons (Fsp3) is 0.350. The number of carbonyl (C=O) groups excluding carboxylic acids is 1. The minimum Gasteiger partial charge on any atom is -0.455 e. The van der Waals surface area contributed by atoms with E-state index in [1.54, 1.807) is 0 Å². The van der Waals surface area contributed by atoms with Crippen LogP contribution >= 0.6 is 0 Å². The number of hydrogen-bond acceptors (Lipinski definition) is 3. The van der Waals surface area contributed by atoms with Gasteiger partial charge in [-0.3, -0.25) is 4.79 Å². The van der Waals surface area contributed by atoms with Crippen molar-refractivity contribution in [3.05, 3.63) is 54.6 Å². The maximum absolute atomic E-state index is 12.4. The molecule has 1 saturated heterocycles. The lowest BCUT2D eigenvalue weighted by atomic mass is 9.93. The van der Waals surface area contributed by atoms with Gasteiger partial charge in [0.1, 0.15) is 5.75 Å². The minimum absolute atomic E-state index is 0.0636. The molecule has 4 nitrogen and oxygen atoms in total. The fourth-order valence-corrected chi connectivity index (χ4v) is 3.00. The molecule has 0 aliphatic carbocycles. The Balaban J connectivity index is 1.61. The third kappa shape index (κ3) is 4.59. The van der Waals surface area contributed by atoms with E-state index in [2.05, 4.69) is 17.3 Å². The van der Waals surface area contributed by atoms with Crippen LogP contribution in [0.15, 0.2) is 54.6 Å². The molecule has 0 bridgehead atoms. The maximum atomic E-state index is 12.4. The molecule has 1 fully saturated rings. The molecule has 0 atom stereocenters. The summed E-state index contributed by atoms with van der Waals surface area (Å²) in [4.78, 5) is 14.7. The Labute approximate surface area is 143 Å². The van der Waals surface area contributed by atoms with Gasteiger partial charge in [0.25, 0.3) is 0 Å². The molecular formula is C20H24N2O2. The van der Waals surface area contributed by atoms with Gasteiger partial charge in [0.05, 0.1) is 5.69 Å². The van der Waals surface area contributed by atoms with E-state index in [4.69, 9.17) is 4.74 Å². The SMILES string of the molecule is CN1CCC(CC(=O)Nc2ccccc2Oc2ccccc2)CC1. The molecule has 1 aliphatic heterocycles. The standard InChI is InChI=1S/C20H24N2O2/c1-22-13-11-16(12-14-22)15-20(23)21-18-9-5-6-10-19(18)24-17-7-3-2-4-8-17/h2-10,16H,11-15H2,1H3,(H,21,23). The summed E-state index contributed by atoms with van der Waals surface area (Å²) in [6.45, 7) is 2.15. The monoisotopic (exact) mass is 324 g/mol. The highest BCUT2D eigenvalue weighted by molar-refractivity contribution is 5.92. The van der Waals surface area contributed by atoms with E-state index in [0.717, 1.165) is 37.4 Å². The maximum Gasteiger partial charge on any atom is 0.224 e. The van der Waals surface area contributed by atoms with Gasteiger partial charge in [0, 0.05) is 6.42 Å². The van der Waals surface area contributed by atoms with Gasteiger partial charge in [-0.25, -0.2) is 0 Å². The molecule has 3 rings (SSSR count). The molecule has 0 radical (unpaired) electrons. The van der Waals surface area contributed by atoms with Crippen LogP contribution in [0.1, 0.15) is 19.3 Å². The van der Waals surface area contributed by atoms with Crippen LogP contribution in [0.25, 0.3) is 0 Å². The van der Waals surface area contributed by atoms with Crippen molar-refractivity contribution in [1.82, 2.24) is 4.90 Å². The van der Waals surface area contributed by atoms with Gasteiger partial charge in [-0.05, 0) is 63.2 Å². The lowest BCUT2D eigenvalue weighted by Crippen LogP contribution is -2.31. The van der Waals surface area contributed by atoms with Crippen LogP contribution in [0.2, 0.25) is 0 Å². The predicted molar refractivity (Wildman–Crippen MR) is 96.4 cm³/mol. The number of anilines is 1. The number of nitrogens with one attached hydrogen (secondary N) is 1. The highest BCUT2D eigenvalue weighted by atomic mass is 16.5. The second-order valence-corrected chi connectivity index (χ2v) is 6.41. The molecule has 2 aromatic carbocycles. The Morgan fingerprint density at radius 1 is 1.08 bits per heavy atom. The zero-order valence-corrected chi connectivity index (χ0v) is 14.1. The van der Waals surface area contributed by atoms with Crippen molar-refractivity contribution in [3.8, 4) is 11.5 Å². The molecule has 1 N–H and O–H groups in total. The number of amides is 1. The van der Waals surface area contributed by atoms with Crippen LogP contribution in [-0.4, -0.2) is 30.9 Å². The van der Waals surface area contributed by atoms with Crippen molar-refractivity contribution in [2.24, 2.45) is 5.92 Å². The summed E-state index contributed by atoms with van der Waals surface area (Å²) in [6.07, 6.45) is 2.76. The zero-order chi connectivity index (χ0) is 16.8. The summed E-state index contributed by atoms with van der Waals surface area (Å²) in [7, 11) is 2.13. The quantitative estimate of drug-likeness (QED) is 0.898. The first-order chi connectivity index (χ1) is 11.7. The van der Waals surface area contributed by atoms with Crippen LogP contribution in [0.5, 0.6) is 11.5 Å². The van der Waals surface area contributed by atoms with Crippen molar-refractivity contribution >= 4 is 11.6 Å². The Morgan fingerprint density at radius 3 is 2.50 bits per heavy atom. The number of ether oxygens (including phenoxy) is 1. The number of nitrogens with zero attached hydrogens (tertiary/aromatic N) is 1.